The third kappa shape index (κ3) is 5.56. The number of nitrogens with zero attached hydrogens (tertiary/aromatic N) is 2. The lowest BCUT2D eigenvalue weighted by molar-refractivity contribution is -0.133. The van der Waals surface area contributed by atoms with Gasteiger partial charge in [-0.3, -0.25) is 9.59 Å². The summed E-state index contributed by atoms with van der Waals surface area (Å²) in [6.45, 7) is 7.55. The molecule has 1 aliphatic heterocycles. The highest BCUT2D eigenvalue weighted by Crippen LogP contribution is 2.29. The number of hydrogen-bond donors (Lipinski definition) is 1. The van der Waals surface area contributed by atoms with Crippen LogP contribution in [-0.4, -0.2) is 34.4 Å². The molecule has 2 amide bonds. The Hall–Kier alpha value is -3.41. The average molecular weight is 462 g/mol. The van der Waals surface area contributed by atoms with E-state index in [0.29, 0.717) is 24.7 Å². The highest BCUT2D eigenvalue weighted by Gasteiger charge is 2.25. The third-order valence-corrected chi connectivity index (χ3v) is 6.36. The van der Waals surface area contributed by atoms with Crippen molar-refractivity contribution in [2.45, 2.75) is 40.0 Å². The van der Waals surface area contributed by atoms with Gasteiger partial charge in [-0.1, -0.05) is 13.8 Å². The third-order valence-electron chi connectivity index (χ3n) is 6.36. The lowest BCUT2D eigenvalue weighted by atomic mass is 9.91. The van der Waals surface area contributed by atoms with E-state index < -0.39 is 0 Å². The second-order valence-electron chi connectivity index (χ2n) is 9.53. The lowest BCUT2D eigenvalue weighted by Gasteiger charge is -2.35. The van der Waals surface area contributed by atoms with Gasteiger partial charge in [-0.25, -0.2) is 4.39 Å². The average Bonchev–Trinajstić information content (AvgIpc) is 3.21. The Morgan fingerprint density at radius 3 is 2.21 bits per heavy atom. The number of benzene rings is 2. The minimum absolute atomic E-state index is 0.124. The Kier molecular flexibility index (Phi) is 7.15. The maximum atomic E-state index is 13.5. The molecule has 4 rings (SSSR count). The van der Waals surface area contributed by atoms with Crippen LogP contribution in [0.1, 0.15) is 39.3 Å². The van der Waals surface area contributed by atoms with Crippen LogP contribution in [-0.2, 0) is 16.0 Å². The lowest BCUT2D eigenvalue weighted by Crippen LogP contribution is -2.42. The monoisotopic (exact) mass is 461 g/mol. The summed E-state index contributed by atoms with van der Waals surface area (Å²) in [6.07, 6.45) is 2.21. The maximum absolute atomic E-state index is 13.5. The number of aryl methyl sites for hydroxylation is 1. The van der Waals surface area contributed by atoms with E-state index in [2.05, 4.69) is 23.7 Å². The molecule has 34 heavy (non-hydrogen) atoms. The predicted octanol–water partition coefficient (Wildman–Crippen LogP) is 5.68. The van der Waals surface area contributed by atoms with Gasteiger partial charge in [-0.15, -0.1) is 0 Å². The second kappa shape index (κ2) is 10.2. The molecule has 2 atom stereocenters. The van der Waals surface area contributed by atoms with Crippen LogP contribution in [0.15, 0.2) is 60.7 Å². The first kappa shape index (κ1) is 23.7. The summed E-state index contributed by atoms with van der Waals surface area (Å²) in [6, 6.07) is 18.1. The van der Waals surface area contributed by atoms with Crippen LogP contribution in [0, 0.1) is 17.7 Å². The van der Waals surface area contributed by atoms with Gasteiger partial charge < -0.3 is 14.8 Å². The molecule has 1 aromatic heterocycles. The van der Waals surface area contributed by atoms with Crippen LogP contribution in [0.4, 0.5) is 10.1 Å². The molecular weight excluding hydrogens is 429 g/mol. The molecule has 2 aromatic carbocycles. The number of halogens is 1. The number of aromatic nitrogens is 1. The Morgan fingerprint density at radius 2 is 1.59 bits per heavy atom. The number of carbonyl (C=O) groups is 2. The van der Waals surface area contributed by atoms with Crippen molar-refractivity contribution in [1.82, 2.24) is 9.47 Å². The van der Waals surface area contributed by atoms with Gasteiger partial charge in [-0.2, -0.15) is 0 Å². The van der Waals surface area contributed by atoms with Gasteiger partial charge >= 0.3 is 0 Å². The Bertz CT molecular complexity index is 1140. The van der Waals surface area contributed by atoms with Crippen molar-refractivity contribution in [2.75, 3.05) is 18.4 Å². The minimum Gasteiger partial charge on any atom is -0.342 e. The van der Waals surface area contributed by atoms with Crippen molar-refractivity contribution in [2.24, 2.45) is 11.8 Å². The molecule has 1 aliphatic rings. The van der Waals surface area contributed by atoms with Gasteiger partial charge in [0.05, 0.1) is 5.69 Å². The van der Waals surface area contributed by atoms with Crippen LogP contribution in [0.25, 0.3) is 16.9 Å². The SMILES string of the molecule is CC(=O)Nc1ccc(-n2c(CCC(=O)N3C[C@H](C)C[C@H](C)C3)ccc2-c2ccc(F)cc2)cc1. The van der Waals surface area contributed by atoms with Crippen molar-refractivity contribution in [3.63, 3.8) is 0 Å². The number of likely N-dealkylation sites (tertiary alicyclic amines) is 1. The number of amides is 2. The molecule has 0 unspecified atom stereocenters. The Balaban J connectivity index is 1.61. The first-order chi connectivity index (χ1) is 16.3. The van der Waals surface area contributed by atoms with Gasteiger partial charge in [0.2, 0.25) is 11.8 Å². The van der Waals surface area contributed by atoms with Crippen LogP contribution in [0.2, 0.25) is 0 Å². The number of carbonyl (C=O) groups excluding carboxylic acids is 2. The zero-order valence-corrected chi connectivity index (χ0v) is 20.1. The quantitative estimate of drug-likeness (QED) is 0.514. The highest BCUT2D eigenvalue weighted by molar-refractivity contribution is 5.88. The normalized spacial score (nSPS) is 18.1. The summed E-state index contributed by atoms with van der Waals surface area (Å²) in [5.41, 5.74) is 4.47. The van der Waals surface area contributed by atoms with E-state index in [0.717, 1.165) is 41.4 Å². The predicted molar refractivity (Wildman–Crippen MR) is 133 cm³/mol. The molecule has 6 heteroatoms. The second-order valence-corrected chi connectivity index (χ2v) is 9.53. The van der Waals surface area contributed by atoms with Crippen LogP contribution < -0.4 is 5.32 Å². The molecule has 0 aliphatic carbocycles. The smallest absolute Gasteiger partial charge is 0.222 e. The molecule has 2 heterocycles. The summed E-state index contributed by atoms with van der Waals surface area (Å²) < 4.78 is 15.6. The Labute approximate surface area is 200 Å². The number of nitrogens with one attached hydrogen (secondary N) is 1. The molecule has 1 fully saturated rings. The molecule has 0 bridgehead atoms. The van der Waals surface area contributed by atoms with E-state index in [4.69, 9.17) is 0 Å². The van der Waals surface area contributed by atoms with E-state index in [1.165, 1.54) is 25.5 Å². The first-order valence-corrected chi connectivity index (χ1v) is 11.9. The largest absolute Gasteiger partial charge is 0.342 e. The van der Waals surface area contributed by atoms with Crippen molar-refractivity contribution in [3.05, 3.63) is 72.2 Å². The summed E-state index contributed by atoms with van der Waals surface area (Å²) in [5.74, 6) is 0.849. The van der Waals surface area contributed by atoms with E-state index >= 15 is 0 Å². The van der Waals surface area contributed by atoms with Crippen LogP contribution in [0.5, 0.6) is 0 Å². The van der Waals surface area contributed by atoms with Gasteiger partial charge in [-0.05, 0) is 90.9 Å². The van der Waals surface area contributed by atoms with Crippen LogP contribution in [0.3, 0.4) is 0 Å². The fourth-order valence-electron chi connectivity index (χ4n) is 4.98. The summed E-state index contributed by atoms with van der Waals surface area (Å²) >= 11 is 0. The maximum Gasteiger partial charge on any atom is 0.222 e. The molecule has 0 spiro atoms. The topological polar surface area (TPSA) is 54.3 Å². The fourth-order valence-corrected chi connectivity index (χ4v) is 4.98. The van der Waals surface area contributed by atoms with Crippen molar-refractivity contribution < 1.29 is 14.0 Å². The zero-order chi connectivity index (χ0) is 24.2. The van der Waals surface area contributed by atoms with Gasteiger partial charge in [0, 0.05) is 43.5 Å². The van der Waals surface area contributed by atoms with Crippen molar-refractivity contribution in [3.8, 4) is 16.9 Å². The summed E-state index contributed by atoms with van der Waals surface area (Å²) in [7, 11) is 0. The molecule has 0 radical (unpaired) electrons. The van der Waals surface area contributed by atoms with Gasteiger partial charge in [0.1, 0.15) is 5.82 Å². The number of piperidine rings is 1. The van der Waals surface area contributed by atoms with Crippen molar-refractivity contribution in [1.29, 1.82) is 0 Å². The van der Waals surface area contributed by atoms with Crippen LogP contribution >= 0.6 is 0 Å². The van der Waals surface area contributed by atoms with E-state index in [9.17, 15) is 14.0 Å². The highest BCUT2D eigenvalue weighted by atomic mass is 19.1. The molecule has 0 saturated carbocycles. The molecule has 5 nitrogen and oxygen atoms in total. The first-order valence-electron chi connectivity index (χ1n) is 11.9. The van der Waals surface area contributed by atoms with Crippen molar-refractivity contribution >= 4 is 17.5 Å². The molecule has 178 valence electrons. The number of anilines is 1. The standard InChI is InChI=1S/C28H32FN3O2/c1-19-16-20(2)18-31(17-19)28(34)15-13-26-12-14-27(22-4-6-23(29)7-5-22)32(26)25-10-8-24(9-11-25)30-21(3)33/h4-12,14,19-20H,13,15-18H2,1-3H3,(H,30,33)/t19-,20+. The zero-order valence-electron chi connectivity index (χ0n) is 20.1. The van der Waals surface area contributed by atoms with E-state index in [1.807, 2.05) is 41.3 Å². The molecule has 1 saturated heterocycles. The molecule has 3 aromatic rings. The fraction of sp³-hybridized carbons (Fsp3) is 0.357. The molecular formula is C28H32FN3O2. The van der Waals surface area contributed by atoms with E-state index in [-0.39, 0.29) is 17.6 Å². The number of rotatable bonds is 6. The molecule has 1 N–H and O–H groups in total. The minimum atomic E-state index is -0.280. The van der Waals surface area contributed by atoms with Gasteiger partial charge in [0.15, 0.2) is 0 Å². The number of hydrogen-bond acceptors (Lipinski definition) is 2. The van der Waals surface area contributed by atoms with E-state index in [1.54, 1.807) is 12.1 Å². The van der Waals surface area contributed by atoms with Gasteiger partial charge in [0.25, 0.3) is 0 Å². The Morgan fingerprint density at radius 1 is 0.941 bits per heavy atom. The summed E-state index contributed by atoms with van der Waals surface area (Å²) in [5, 5.41) is 2.79. The summed E-state index contributed by atoms with van der Waals surface area (Å²) in [4.78, 5) is 26.4.